The number of carbonyl (C=O) groups excluding carboxylic acids is 2. The number of fused-ring (bicyclic) bond motifs is 2. The van der Waals surface area contributed by atoms with E-state index in [9.17, 15) is 14.7 Å². The zero-order valence-corrected chi connectivity index (χ0v) is 19.1. The number of aliphatic hydroxyl groups is 1. The molecule has 0 aromatic carbocycles. The molecule has 1 N–H and O–H groups in total. The zero-order chi connectivity index (χ0) is 22.0. The molecule has 2 aliphatic carbocycles. The molecule has 0 bridgehead atoms. The first-order valence-corrected chi connectivity index (χ1v) is 11.5. The highest BCUT2D eigenvalue weighted by molar-refractivity contribution is 5.88. The monoisotopic (exact) mass is 416 g/mol. The molecule has 3 fully saturated rings. The number of hydrogen-bond acceptors (Lipinski definition) is 5. The molecular formula is C25H36O5. The van der Waals surface area contributed by atoms with E-state index in [1.807, 2.05) is 33.8 Å². The van der Waals surface area contributed by atoms with Crippen LogP contribution < -0.4 is 0 Å². The molecule has 4 aliphatic rings. The van der Waals surface area contributed by atoms with Gasteiger partial charge in [0, 0.05) is 12.0 Å². The fraction of sp³-hybridized carbons (Fsp3) is 0.760. The SMILES string of the molecule is CC(C)=CC1OC(C)(CCC2OC(=O)C=C2C)C2C(=O)C3C(C)CCC3C(C)C12O. The number of cyclic esters (lactones) is 1. The van der Waals surface area contributed by atoms with Crippen molar-refractivity contribution in [2.75, 3.05) is 0 Å². The van der Waals surface area contributed by atoms with E-state index < -0.39 is 23.2 Å². The van der Waals surface area contributed by atoms with Crippen LogP contribution in [0, 0.1) is 29.6 Å². The number of Topliss-reactive ketones (excluding diaryl/α,β-unsaturated/α-hetero) is 1. The summed E-state index contributed by atoms with van der Waals surface area (Å²) in [6.45, 7) is 12.2. The Hall–Kier alpha value is -1.46. The molecule has 9 atom stereocenters. The summed E-state index contributed by atoms with van der Waals surface area (Å²) in [6.07, 6.45) is 5.92. The maximum absolute atomic E-state index is 13.9. The molecular weight excluding hydrogens is 380 g/mol. The van der Waals surface area contributed by atoms with Gasteiger partial charge in [0.15, 0.2) is 0 Å². The fourth-order valence-electron chi connectivity index (χ4n) is 6.90. The summed E-state index contributed by atoms with van der Waals surface area (Å²) in [5, 5.41) is 12.1. The number of hydrogen-bond donors (Lipinski definition) is 1. The number of ketones is 1. The van der Waals surface area contributed by atoms with Gasteiger partial charge < -0.3 is 14.6 Å². The van der Waals surface area contributed by atoms with Gasteiger partial charge in [-0.2, -0.15) is 0 Å². The van der Waals surface area contributed by atoms with E-state index in [1.165, 1.54) is 6.08 Å². The summed E-state index contributed by atoms with van der Waals surface area (Å²) in [6, 6.07) is 0. The molecule has 2 aliphatic heterocycles. The number of carbonyl (C=O) groups is 2. The Balaban J connectivity index is 1.69. The van der Waals surface area contributed by atoms with Crippen LogP contribution in [0.1, 0.15) is 67.2 Å². The van der Waals surface area contributed by atoms with Crippen LogP contribution in [0.15, 0.2) is 23.3 Å². The van der Waals surface area contributed by atoms with Crippen molar-refractivity contribution < 1.29 is 24.2 Å². The first-order valence-electron chi connectivity index (χ1n) is 11.5. The molecule has 30 heavy (non-hydrogen) atoms. The largest absolute Gasteiger partial charge is 0.455 e. The minimum absolute atomic E-state index is 0.00425. The van der Waals surface area contributed by atoms with E-state index in [0.717, 1.165) is 24.0 Å². The number of esters is 1. The molecule has 0 aromatic rings. The molecule has 0 radical (unpaired) electrons. The number of ether oxygens (including phenoxy) is 2. The van der Waals surface area contributed by atoms with Crippen LogP contribution >= 0.6 is 0 Å². The van der Waals surface area contributed by atoms with Gasteiger partial charge in [-0.3, -0.25) is 4.79 Å². The van der Waals surface area contributed by atoms with Crippen LogP contribution in [0.2, 0.25) is 0 Å². The lowest BCUT2D eigenvalue weighted by Crippen LogP contribution is -2.62. The second kappa shape index (κ2) is 7.30. The quantitative estimate of drug-likeness (QED) is 0.554. The molecule has 0 spiro atoms. The Morgan fingerprint density at radius 2 is 1.97 bits per heavy atom. The highest BCUT2D eigenvalue weighted by Gasteiger charge is 2.71. The second-order valence-corrected chi connectivity index (χ2v) is 10.7. The Kier molecular flexibility index (Phi) is 5.30. The van der Waals surface area contributed by atoms with Gasteiger partial charge in [0.05, 0.1) is 11.5 Å². The van der Waals surface area contributed by atoms with Gasteiger partial charge in [0.25, 0.3) is 0 Å². The zero-order valence-electron chi connectivity index (χ0n) is 19.1. The van der Waals surface area contributed by atoms with Gasteiger partial charge in [-0.15, -0.1) is 0 Å². The minimum atomic E-state index is -1.20. The molecule has 1 saturated heterocycles. The summed E-state index contributed by atoms with van der Waals surface area (Å²) in [7, 11) is 0. The van der Waals surface area contributed by atoms with Gasteiger partial charge in [-0.05, 0) is 76.7 Å². The molecule has 0 aromatic heterocycles. The molecule has 166 valence electrons. The van der Waals surface area contributed by atoms with Crippen LogP contribution in [0.5, 0.6) is 0 Å². The van der Waals surface area contributed by atoms with Crippen LogP contribution in [0.4, 0.5) is 0 Å². The van der Waals surface area contributed by atoms with Crippen LogP contribution in [0.3, 0.4) is 0 Å². The van der Waals surface area contributed by atoms with Crippen LogP contribution in [-0.4, -0.2) is 40.3 Å². The van der Waals surface area contributed by atoms with Gasteiger partial charge >= 0.3 is 5.97 Å². The lowest BCUT2D eigenvalue weighted by Gasteiger charge is -2.49. The van der Waals surface area contributed by atoms with Gasteiger partial charge in [-0.25, -0.2) is 4.79 Å². The molecule has 5 nitrogen and oxygen atoms in total. The van der Waals surface area contributed by atoms with Crippen molar-refractivity contribution in [2.45, 2.75) is 90.6 Å². The van der Waals surface area contributed by atoms with Crippen molar-refractivity contribution in [2.24, 2.45) is 29.6 Å². The highest BCUT2D eigenvalue weighted by atomic mass is 16.6. The summed E-state index contributed by atoms with van der Waals surface area (Å²) < 4.78 is 12.0. The third kappa shape index (κ3) is 3.12. The van der Waals surface area contributed by atoms with Gasteiger partial charge in [-0.1, -0.05) is 25.5 Å². The van der Waals surface area contributed by atoms with Crippen molar-refractivity contribution in [1.82, 2.24) is 0 Å². The van der Waals surface area contributed by atoms with Gasteiger partial charge in [0.2, 0.25) is 0 Å². The van der Waals surface area contributed by atoms with E-state index in [1.54, 1.807) is 0 Å². The van der Waals surface area contributed by atoms with Gasteiger partial charge in [0.1, 0.15) is 23.6 Å². The van der Waals surface area contributed by atoms with Crippen LogP contribution in [-0.2, 0) is 19.1 Å². The first kappa shape index (κ1) is 21.8. The maximum atomic E-state index is 13.9. The fourth-order valence-corrected chi connectivity index (χ4v) is 6.90. The topological polar surface area (TPSA) is 72.8 Å². The molecule has 4 rings (SSSR count). The summed E-state index contributed by atoms with van der Waals surface area (Å²) in [5.41, 5.74) is -0.0165. The molecule has 0 amide bonds. The standard InChI is InChI=1S/C25H36O5/c1-13(2)11-19-25(28)16(5)17-8-7-14(3)21(17)22(27)23(25)24(6,30-19)10-9-18-15(4)12-20(26)29-18/h11-12,14,16-19,21,23,28H,7-10H2,1-6H3. The smallest absolute Gasteiger partial charge is 0.331 e. The third-order valence-corrected chi connectivity index (χ3v) is 8.44. The van der Waals surface area contributed by atoms with Crippen molar-refractivity contribution >= 4 is 11.8 Å². The Bertz CT molecular complexity index is 808. The average Bonchev–Trinajstić information content (AvgIpc) is 3.25. The normalized spacial score (nSPS) is 47.6. The predicted octanol–water partition coefficient (Wildman–Crippen LogP) is 3.99. The van der Waals surface area contributed by atoms with Crippen molar-refractivity contribution in [3.63, 3.8) is 0 Å². The predicted molar refractivity (Wildman–Crippen MR) is 114 cm³/mol. The molecule has 2 saturated carbocycles. The van der Waals surface area contributed by atoms with E-state index >= 15 is 0 Å². The van der Waals surface area contributed by atoms with E-state index in [-0.39, 0.29) is 35.6 Å². The molecule has 9 unspecified atom stereocenters. The maximum Gasteiger partial charge on any atom is 0.331 e. The first-order chi connectivity index (χ1) is 14.0. The van der Waals surface area contributed by atoms with E-state index in [2.05, 4.69) is 13.8 Å². The highest BCUT2D eigenvalue weighted by Crippen LogP contribution is 2.61. The lowest BCUT2D eigenvalue weighted by molar-refractivity contribution is -0.161. The third-order valence-electron chi connectivity index (χ3n) is 8.44. The Morgan fingerprint density at radius 3 is 2.57 bits per heavy atom. The number of rotatable bonds is 4. The average molecular weight is 417 g/mol. The summed E-state index contributed by atoms with van der Waals surface area (Å²) >= 11 is 0. The molecule has 5 heteroatoms. The van der Waals surface area contributed by atoms with Crippen LogP contribution in [0.25, 0.3) is 0 Å². The van der Waals surface area contributed by atoms with E-state index in [4.69, 9.17) is 9.47 Å². The second-order valence-electron chi connectivity index (χ2n) is 10.7. The summed E-state index contributed by atoms with van der Waals surface area (Å²) in [5.74, 6) is -0.139. The minimum Gasteiger partial charge on any atom is -0.455 e. The van der Waals surface area contributed by atoms with Crippen molar-refractivity contribution in [3.8, 4) is 0 Å². The molecule has 2 heterocycles. The lowest BCUT2D eigenvalue weighted by atomic mass is 9.55. The Morgan fingerprint density at radius 1 is 1.27 bits per heavy atom. The summed E-state index contributed by atoms with van der Waals surface area (Å²) in [4.78, 5) is 25.5. The van der Waals surface area contributed by atoms with E-state index in [0.29, 0.717) is 18.8 Å². The van der Waals surface area contributed by atoms with Crippen molar-refractivity contribution in [3.05, 3.63) is 23.3 Å². The van der Waals surface area contributed by atoms with Crippen molar-refractivity contribution in [1.29, 1.82) is 0 Å². The number of allylic oxidation sites excluding steroid dienone is 1. The Labute approximate surface area is 179 Å².